The molecule has 1 saturated carbocycles. The Kier molecular flexibility index (Phi) is 4.25. The van der Waals surface area contributed by atoms with E-state index in [0.29, 0.717) is 34.3 Å². The Bertz CT molecular complexity index is 1230. The third-order valence-corrected chi connectivity index (χ3v) is 6.71. The van der Waals surface area contributed by atoms with Gasteiger partial charge in [0.15, 0.2) is 11.5 Å². The molecule has 0 atom stereocenters. The molecule has 6 rings (SSSR count). The van der Waals surface area contributed by atoms with E-state index in [1.165, 1.54) is 12.8 Å². The van der Waals surface area contributed by atoms with Gasteiger partial charge in [0.2, 0.25) is 0 Å². The zero-order valence-electron chi connectivity index (χ0n) is 17.6. The second-order valence-electron chi connectivity index (χ2n) is 8.91. The number of hydrogen-bond acceptors (Lipinski definition) is 5. The van der Waals surface area contributed by atoms with Crippen LogP contribution in [-0.2, 0) is 0 Å². The summed E-state index contributed by atoms with van der Waals surface area (Å²) in [4.78, 5) is 11.6. The maximum atomic E-state index is 15.2. The molecule has 0 unspecified atom stereocenters. The lowest BCUT2D eigenvalue weighted by Gasteiger charge is -2.34. The van der Waals surface area contributed by atoms with Crippen LogP contribution in [0.3, 0.4) is 0 Å². The number of benzene rings is 2. The smallest absolute Gasteiger partial charge is 0.192 e. The number of nitrogens with one attached hydrogen (secondary N) is 1. The molecule has 3 aliphatic rings. The van der Waals surface area contributed by atoms with Gasteiger partial charge < -0.3 is 14.6 Å². The quantitative estimate of drug-likeness (QED) is 0.619. The summed E-state index contributed by atoms with van der Waals surface area (Å²) in [5, 5.41) is 3.38. The van der Waals surface area contributed by atoms with E-state index in [1.54, 1.807) is 6.07 Å². The van der Waals surface area contributed by atoms with Gasteiger partial charge in [0, 0.05) is 30.1 Å². The molecule has 1 saturated heterocycles. The van der Waals surface area contributed by atoms with Gasteiger partial charge in [-0.2, -0.15) is 0 Å². The van der Waals surface area contributed by atoms with Crippen LogP contribution in [-0.4, -0.2) is 34.9 Å². The highest BCUT2D eigenvalue weighted by Gasteiger charge is 2.34. The van der Waals surface area contributed by atoms with Gasteiger partial charge in [-0.1, -0.05) is 12.6 Å². The van der Waals surface area contributed by atoms with Crippen LogP contribution in [0, 0.1) is 18.7 Å². The summed E-state index contributed by atoms with van der Waals surface area (Å²) in [6, 6.07) is 10.0. The Labute approximate surface area is 180 Å². The molecular formula is C25H25FN4O. The maximum absolute atomic E-state index is 15.2. The van der Waals surface area contributed by atoms with E-state index >= 15 is 4.39 Å². The third kappa shape index (κ3) is 3.35. The van der Waals surface area contributed by atoms with Crippen molar-refractivity contribution < 1.29 is 8.81 Å². The lowest BCUT2D eigenvalue weighted by Crippen LogP contribution is -2.41. The molecule has 0 radical (unpaired) electrons. The molecule has 2 aromatic carbocycles. The zero-order chi connectivity index (χ0) is 21.1. The molecule has 158 valence electrons. The van der Waals surface area contributed by atoms with Gasteiger partial charge in [-0.25, -0.2) is 14.4 Å². The average Bonchev–Trinajstić information content (AvgIpc) is 3.55. The molecule has 1 N–H and O–H groups in total. The Morgan fingerprint density at radius 1 is 1.10 bits per heavy atom. The fourth-order valence-electron chi connectivity index (χ4n) is 4.87. The van der Waals surface area contributed by atoms with Crippen molar-refractivity contribution in [3.63, 3.8) is 0 Å². The molecule has 2 aliphatic heterocycles. The molecule has 0 spiro atoms. The van der Waals surface area contributed by atoms with Crippen LogP contribution in [0.5, 0.6) is 0 Å². The van der Waals surface area contributed by atoms with Gasteiger partial charge >= 0.3 is 0 Å². The predicted molar refractivity (Wildman–Crippen MR) is 121 cm³/mol. The molecule has 0 bridgehead atoms. The maximum Gasteiger partial charge on any atom is 0.192 e. The molecule has 6 heteroatoms. The monoisotopic (exact) mass is 416 g/mol. The molecule has 31 heavy (non-hydrogen) atoms. The largest absolute Gasteiger partial charge is 0.441 e. The molecule has 0 amide bonds. The summed E-state index contributed by atoms with van der Waals surface area (Å²) in [6.45, 7) is 8.20. The number of piperidine rings is 1. The fraction of sp³-hybridized carbons (Fsp3) is 0.360. The number of aryl methyl sites for hydroxylation is 1. The summed E-state index contributed by atoms with van der Waals surface area (Å²) in [5.74, 6) is 1.48. The van der Waals surface area contributed by atoms with E-state index < -0.39 is 0 Å². The second kappa shape index (κ2) is 7.02. The first-order chi connectivity index (χ1) is 15.0. The van der Waals surface area contributed by atoms with Crippen molar-refractivity contribution in [2.75, 3.05) is 13.1 Å². The van der Waals surface area contributed by atoms with Gasteiger partial charge in [-0.05, 0) is 74.2 Å². The second-order valence-corrected chi connectivity index (χ2v) is 8.91. The number of hydrogen-bond donors (Lipinski definition) is 1. The zero-order valence-corrected chi connectivity index (χ0v) is 17.6. The first-order valence-electron chi connectivity index (χ1n) is 11.1. The lowest BCUT2D eigenvalue weighted by atomic mass is 9.93. The van der Waals surface area contributed by atoms with Crippen LogP contribution in [0.15, 0.2) is 46.3 Å². The first kappa shape index (κ1) is 18.8. The van der Waals surface area contributed by atoms with Crippen molar-refractivity contribution in [3.8, 4) is 11.1 Å². The minimum atomic E-state index is -0.322. The number of oxazole rings is 1. The van der Waals surface area contributed by atoms with E-state index in [2.05, 4.69) is 21.8 Å². The summed E-state index contributed by atoms with van der Waals surface area (Å²) in [6.07, 6.45) is 4.79. The molecule has 1 aliphatic carbocycles. The number of rotatable bonds is 3. The summed E-state index contributed by atoms with van der Waals surface area (Å²) >= 11 is 0. The minimum Gasteiger partial charge on any atom is -0.441 e. The number of aromatic nitrogens is 1. The van der Waals surface area contributed by atoms with Crippen molar-refractivity contribution >= 4 is 28.3 Å². The Hall–Kier alpha value is -2.99. The van der Waals surface area contributed by atoms with Crippen LogP contribution in [0.2, 0.25) is 0 Å². The van der Waals surface area contributed by atoms with Gasteiger partial charge in [0.05, 0.1) is 0 Å². The Balaban J connectivity index is 1.31. The van der Waals surface area contributed by atoms with Crippen molar-refractivity contribution in [2.45, 2.75) is 38.6 Å². The average molecular weight is 417 g/mol. The molecule has 2 fully saturated rings. The summed E-state index contributed by atoms with van der Waals surface area (Å²) in [5.41, 5.74) is 4.95. The van der Waals surface area contributed by atoms with Crippen molar-refractivity contribution in [2.24, 2.45) is 10.9 Å². The van der Waals surface area contributed by atoms with Gasteiger partial charge in [-0.3, -0.25) is 0 Å². The highest BCUT2D eigenvalue weighted by atomic mass is 19.1. The van der Waals surface area contributed by atoms with Crippen molar-refractivity contribution in [3.05, 3.63) is 54.2 Å². The normalized spacial score (nSPS) is 19.9. The summed E-state index contributed by atoms with van der Waals surface area (Å²) in [7, 11) is 0. The Morgan fingerprint density at radius 3 is 2.68 bits per heavy atom. The van der Waals surface area contributed by atoms with Gasteiger partial charge in [0.1, 0.15) is 22.9 Å². The predicted octanol–water partition coefficient (Wildman–Crippen LogP) is 5.42. The van der Waals surface area contributed by atoms with Crippen LogP contribution in [0.1, 0.15) is 37.1 Å². The topological polar surface area (TPSA) is 53.7 Å². The number of nitrogens with zero attached hydrogens (tertiary/aromatic N) is 3. The summed E-state index contributed by atoms with van der Waals surface area (Å²) < 4.78 is 20.8. The molecular weight excluding hydrogens is 391 g/mol. The van der Waals surface area contributed by atoms with E-state index in [1.807, 2.05) is 31.2 Å². The van der Waals surface area contributed by atoms with Gasteiger partial charge in [-0.15, -0.1) is 0 Å². The molecule has 3 aromatic rings. The first-order valence-corrected chi connectivity index (χ1v) is 11.1. The minimum absolute atomic E-state index is 0.322. The fourth-order valence-corrected chi connectivity index (χ4v) is 4.87. The SMILES string of the molecule is C=C1NC(C2CCN(C3CC3)CC2)=Nc2c(F)cc(-c3ccc4nc(C)oc4c3)cc21. The van der Waals surface area contributed by atoms with Crippen LogP contribution in [0.4, 0.5) is 10.1 Å². The standard InChI is InChI=1S/C25H25FN4O/c1-14-20-11-18(17-3-6-22-23(13-17)31-15(2)28-22)12-21(26)24(20)29-25(27-14)16-7-9-30(10-8-16)19-4-5-19/h3,6,11-13,16,19H,1,4-5,7-10H2,2H3,(H,27,29). The number of halogens is 1. The van der Waals surface area contributed by atoms with E-state index in [0.717, 1.165) is 54.5 Å². The molecule has 5 nitrogen and oxygen atoms in total. The number of likely N-dealkylation sites (tertiary alicyclic amines) is 1. The van der Waals surface area contributed by atoms with E-state index in [4.69, 9.17) is 9.41 Å². The van der Waals surface area contributed by atoms with Crippen LogP contribution >= 0.6 is 0 Å². The van der Waals surface area contributed by atoms with Crippen LogP contribution in [0.25, 0.3) is 27.9 Å². The number of fused-ring (bicyclic) bond motifs is 2. The van der Waals surface area contributed by atoms with Crippen molar-refractivity contribution in [1.82, 2.24) is 15.2 Å². The van der Waals surface area contributed by atoms with Gasteiger partial charge in [0.25, 0.3) is 0 Å². The van der Waals surface area contributed by atoms with E-state index in [-0.39, 0.29) is 5.82 Å². The van der Waals surface area contributed by atoms with Crippen LogP contribution < -0.4 is 5.32 Å². The van der Waals surface area contributed by atoms with Crippen molar-refractivity contribution in [1.29, 1.82) is 0 Å². The Morgan fingerprint density at radius 2 is 1.90 bits per heavy atom. The molecule has 3 heterocycles. The highest BCUT2D eigenvalue weighted by Crippen LogP contribution is 2.38. The highest BCUT2D eigenvalue weighted by molar-refractivity contribution is 6.00. The number of amidine groups is 1. The van der Waals surface area contributed by atoms with E-state index in [9.17, 15) is 0 Å². The number of aliphatic imine (C=N–C) groups is 1. The lowest BCUT2D eigenvalue weighted by molar-refractivity contribution is 0.199. The molecule has 1 aromatic heterocycles. The third-order valence-electron chi connectivity index (χ3n) is 6.71.